The zero-order valence-corrected chi connectivity index (χ0v) is 20.5. The average molecular weight is 552 g/mol. The van der Waals surface area contributed by atoms with E-state index in [1.807, 2.05) is 0 Å². The number of nitrogens with one attached hydrogen (secondary N) is 3. The first-order valence-corrected chi connectivity index (χ1v) is 12.4. The summed E-state index contributed by atoms with van der Waals surface area (Å²) in [6.07, 6.45) is -4.75. The number of aromatic nitrogens is 2. The van der Waals surface area contributed by atoms with Gasteiger partial charge in [0, 0.05) is 23.1 Å². The summed E-state index contributed by atoms with van der Waals surface area (Å²) >= 11 is 6.07. The zero-order valence-electron chi connectivity index (χ0n) is 18.9. The number of hydrogen-bond donors (Lipinski definition) is 3. The fraction of sp³-hybridized carbons (Fsp3) is 0.0833. The number of benzene rings is 3. The highest BCUT2D eigenvalue weighted by molar-refractivity contribution is 7.92. The van der Waals surface area contributed by atoms with Crippen LogP contribution in [0.1, 0.15) is 11.3 Å². The fourth-order valence-corrected chi connectivity index (χ4v) is 4.84. The number of halogens is 5. The van der Waals surface area contributed by atoms with Crippen molar-refractivity contribution in [3.63, 3.8) is 0 Å². The van der Waals surface area contributed by atoms with Crippen LogP contribution in [0.2, 0.25) is 5.02 Å². The first kappa shape index (κ1) is 26.2. The molecule has 1 aromatic heterocycles. The van der Waals surface area contributed by atoms with Gasteiger partial charge in [0.25, 0.3) is 10.0 Å². The van der Waals surface area contributed by atoms with E-state index in [0.29, 0.717) is 11.4 Å². The molecule has 0 saturated heterocycles. The van der Waals surface area contributed by atoms with Gasteiger partial charge in [0.1, 0.15) is 16.5 Å². The van der Waals surface area contributed by atoms with Gasteiger partial charge in [-0.3, -0.25) is 4.72 Å². The van der Waals surface area contributed by atoms with Crippen molar-refractivity contribution in [1.29, 1.82) is 0 Å². The van der Waals surface area contributed by atoms with Crippen LogP contribution in [0.4, 0.5) is 46.4 Å². The maximum Gasteiger partial charge on any atom is 0.433 e. The lowest BCUT2D eigenvalue weighted by Crippen LogP contribution is -2.13. The highest BCUT2D eigenvalue weighted by Crippen LogP contribution is 2.31. The first-order chi connectivity index (χ1) is 17.4. The van der Waals surface area contributed by atoms with Crippen LogP contribution in [0.3, 0.4) is 0 Å². The molecule has 0 aliphatic rings. The average Bonchev–Trinajstić information content (AvgIpc) is 2.81. The van der Waals surface area contributed by atoms with E-state index >= 15 is 0 Å². The summed E-state index contributed by atoms with van der Waals surface area (Å²) < 4.78 is 81.1. The summed E-state index contributed by atoms with van der Waals surface area (Å²) in [4.78, 5) is 7.47. The van der Waals surface area contributed by atoms with Gasteiger partial charge in [0.05, 0.1) is 5.02 Å². The van der Waals surface area contributed by atoms with Crippen LogP contribution in [-0.2, 0) is 16.2 Å². The Morgan fingerprint density at radius 3 is 2.03 bits per heavy atom. The summed E-state index contributed by atoms with van der Waals surface area (Å²) in [5.41, 5.74) is 0.417. The standard InChI is InChI=1S/C24H18ClF4N5O2S/c1-14-2-11-20(19(25)12-14)37(35,36)34-18-9-7-17(8-10-18)31-23-32-21(24(27,28)29)13-22(33-23)30-16-5-3-15(26)4-6-16/h2-13,34H,1H3,(H2,30,31,32,33). The molecule has 0 aliphatic carbocycles. The van der Waals surface area contributed by atoms with Gasteiger partial charge in [-0.1, -0.05) is 17.7 Å². The lowest BCUT2D eigenvalue weighted by atomic mass is 10.2. The minimum atomic E-state index is -4.75. The van der Waals surface area contributed by atoms with E-state index in [1.54, 1.807) is 13.0 Å². The molecule has 0 bridgehead atoms. The lowest BCUT2D eigenvalue weighted by Gasteiger charge is -2.13. The van der Waals surface area contributed by atoms with E-state index in [9.17, 15) is 26.0 Å². The highest BCUT2D eigenvalue weighted by Gasteiger charge is 2.34. The highest BCUT2D eigenvalue weighted by atomic mass is 35.5. The Morgan fingerprint density at radius 2 is 1.41 bits per heavy atom. The molecular weight excluding hydrogens is 534 g/mol. The predicted octanol–water partition coefficient (Wildman–Crippen LogP) is 6.88. The Hall–Kier alpha value is -3.90. The predicted molar refractivity (Wildman–Crippen MR) is 133 cm³/mol. The molecule has 0 radical (unpaired) electrons. The Kier molecular flexibility index (Phi) is 7.23. The van der Waals surface area contributed by atoms with Gasteiger partial charge >= 0.3 is 6.18 Å². The normalized spacial score (nSPS) is 11.7. The van der Waals surface area contributed by atoms with E-state index in [4.69, 9.17) is 11.6 Å². The molecule has 4 rings (SSSR count). The monoisotopic (exact) mass is 551 g/mol. The molecule has 0 unspecified atom stereocenters. The number of nitrogens with zero attached hydrogens (tertiary/aromatic N) is 2. The molecule has 4 aromatic rings. The zero-order chi connectivity index (χ0) is 26.8. The molecule has 3 N–H and O–H groups in total. The molecule has 192 valence electrons. The van der Waals surface area contributed by atoms with Gasteiger partial charge in [0.2, 0.25) is 5.95 Å². The molecule has 0 fully saturated rings. The topological polar surface area (TPSA) is 96.0 Å². The lowest BCUT2D eigenvalue weighted by molar-refractivity contribution is -0.141. The van der Waals surface area contributed by atoms with Crippen molar-refractivity contribution in [2.24, 2.45) is 0 Å². The van der Waals surface area contributed by atoms with E-state index in [0.717, 1.165) is 23.8 Å². The number of anilines is 5. The number of alkyl halides is 3. The minimum absolute atomic E-state index is 0.0672. The van der Waals surface area contributed by atoms with Crippen molar-refractivity contribution < 1.29 is 26.0 Å². The third kappa shape index (κ3) is 6.66. The second kappa shape index (κ2) is 10.2. The van der Waals surface area contributed by atoms with Crippen LogP contribution in [0.25, 0.3) is 0 Å². The summed E-state index contributed by atoms with van der Waals surface area (Å²) in [6.45, 7) is 1.78. The number of rotatable bonds is 7. The smallest absolute Gasteiger partial charge is 0.340 e. The number of hydrogen-bond acceptors (Lipinski definition) is 6. The second-order valence-electron chi connectivity index (χ2n) is 7.83. The summed E-state index contributed by atoms with van der Waals surface area (Å²) in [5, 5.41) is 5.42. The van der Waals surface area contributed by atoms with Crippen LogP contribution in [0, 0.1) is 12.7 Å². The maximum absolute atomic E-state index is 13.4. The Bertz CT molecular complexity index is 1530. The number of sulfonamides is 1. The quantitative estimate of drug-likeness (QED) is 0.217. The first-order valence-electron chi connectivity index (χ1n) is 10.5. The molecule has 0 spiro atoms. The summed E-state index contributed by atoms with van der Waals surface area (Å²) in [5.74, 6) is -1.03. The Labute approximate surface area is 214 Å². The minimum Gasteiger partial charge on any atom is -0.340 e. The summed E-state index contributed by atoms with van der Waals surface area (Å²) in [6, 6.07) is 15.9. The molecule has 0 saturated carbocycles. The molecule has 13 heteroatoms. The van der Waals surface area contributed by atoms with Crippen LogP contribution < -0.4 is 15.4 Å². The van der Waals surface area contributed by atoms with Gasteiger partial charge in [-0.2, -0.15) is 18.2 Å². The van der Waals surface area contributed by atoms with Gasteiger partial charge in [-0.05, 0) is 73.2 Å². The second-order valence-corrected chi connectivity index (χ2v) is 9.89. The Balaban J connectivity index is 1.54. The van der Waals surface area contributed by atoms with Crippen LogP contribution >= 0.6 is 11.6 Å². The van der Waals surface area contributed by atoms with Crippen molar-refractivity contribution in [2.45, 2.75) is 18.0 Å². The van der Waals surface area contributed by atoms with Crippen molar-refractivity contribution in [1.82, 2.24) is 9.97 Å². The Morgan fingerprint density at radius 1 is 0.811 bits per heavy atom. The molecule has 1 heterocycles. The molecule has 0 atom stereocenters. The SMILES string of the molecule is Cc1ccc(S(=O)(=O)Nc2ccc(Nc3nc(Nc4ccc(F)cc4)cc(C(F)(F)F)n3)cc2)c(Cl)c1. The molecule has 3 aromatic carbocycles. The molecule has 7 nitrogen and oxygen atoms in total. The van der Waals surface area contributed by atoms with Crippen molar-refractivity contribution in [3.8, 4) is 0 Å². The van der Waals surface area contributed by atoms with Crippen LogP contribution in [0.5, 0.6) is 0 Å². The van der Waals surface area contributed by atoms with Gasteiger partial charge < -0.3 is 10.6 Å². The third-order valence-electron chi connectivity index (χ3n) is 4.90. The van der Waals surface area contributed by atoms with Crippen LogP contribution in [-0.4, -0.2) is 18.4 Å². The van der Waals surface area contributed by atoms with Gasteiger partial charge in [-0.25, -0.2) is 17.8 Å². The van der Waals surface area contributed by atoms with Gasteiger partial charge in [0.15, 0.2) is 5.69 Å². The summed E-state index contributed by atoms with van der Waals surface area (Å²) in [7, 11) is -3.98. The number of aryl methyl sites for hydroxylation is 1. The van der Waals surface area contributed by atoms with E-state index < -0.39 is 27.7 Å². The van der Waals surface area contributed by atoms with E-state index in [1.165, 1.54) is 48.5 Å². The molecule has 37 heavy (non-hydrogen) atoms. The van der Waals surface area contributed by atoms with Crippen molar-refractivity contribution >= 4 is 50.5 Å². The van der Waals surface area contributed by atoms with Crippen molar-refractivity contribution in [2.75, 3.05) is 15.4 Å². The van der Waals surface area contributed by atoms with Crippen molar-refractivity contribution in [3.05, 3.63) is 94.9 Å². The van der Waals surface area contributed by atoms with E-state index in [-0.39, 0.29) is 27.4 Å². The molecule has 0 aliphatic heterocycles. The maximum atomic E-state index is 13.4. The van der Waals surface area contributed by atoms with Crippen LogP contribution in [0.15, 0.2) is 77.7 Å². The van der Waals surface area contributed by atoms with E-state index in [2.05, 4.69) is 25.3 Å². The third-order valence-corrected chi connectivity index (χ3v) is 6.77. The molecular formula is C24H18ClF4N5O2S. The largest absolute Gasteiger partial charge is 0.433 e. The van der Waals surface area contributed by atoms with Gasteiger partial charge in [-0.15, -0.1) is 0 Å². The fourth-order valence-electron chi connectivity index (χ4n) is 3.18. The molecule has 0 amide bonds.